The van der Waals surface area contributed by atoms with Crippen molar-refractivity contribution in [1.82, 2.24) is 0 Å². The van der Waals surface area contributed by atoms with E-state index in [9.17, 15) is 9.90 Å². The van der Waals surface area contributed by atoms with E-state index in [4.69, 9.17) is 15.2 Å². The molecule has 6 heteroatoms. The molecule has 1 fully saturated rings. The Labute approximate surface area is 81.9 Å². The van der Waals surface area contributed by atoms with Gasteiger partial charge in [-0.05, 0) is 13.8 Å². The van der Waals surface area contributed by atoms with Crippen LogP contribution in [0, 0.1) is 0 Å². The lowest BCUT2D eigenvalue weighted by Gasteiger charge is -2.38. The number of aliphatic hydroxyl groups excluding tert-OH is 1. The minimum atomic E-state index is -1.41. The molecule has 0 bridgehead atoms. The highest BCUT2D eigenvalue weighted by atomic mass is 16.9. The molecule has 14 heavy (non-hydrogen) atoms. The predicted molar refractivity (Wildman–Crippen MR) is 46.0 cm³/mol. The highest BCUT2D eigenvalue weighted by molar-refractivity contribution is 5.75. The van der Waals surface area contributed by atoms with E-state index in [0.29, 0.717) is 0 Å². The third-order valence-corrected chi connectivity index (χ3v) is 1.86. The zero-order valence-electron chi connectivity index (χ0n) is 8.17. The van der Waals surface area contributed by atoms with Gasteiger partial charge in [-0.2, -0.15) is 0 Å². The van der Waals surface area contributed by atoms with Crippen molar-refractivity contribution >= 4 is 5.97 Å². The number of carbonyl (C=O) groups excluding carboxylic acids is 1. The number of aliphatic hydroxyl groups is 1. The first-order chi connectivity index (χ1) is 6.56. The Kier molecular flexibility index (Phi) is 3.82. The Hall–Kier alpha value is -0.690. The van der Waals surface area contributed by atoms with E-state index >= 15 is 0 Å². The lowest BCUT2D eigenvalue weighted by atomic mass is 10.1. The molecule has 6 nitrogen and oxygen atoms in total. The Morgan fingerprint density at radius 3 is 2.64 bits per heavy atom. The van der Waals surface area contributed by atoms with Crippen molar-refractivity contribution in [3.63, 3.8) is 0 Å². The zero-order valence-corrected chi connectivity index (χ0v) is 8.17. The maximum absolute atomic E-state index is 11.0. The lowest BCUT2D eigenvalue weighted by molar-refractivity contribution is -0.385. The van der Waals surface area contributed by atoms with Crippen molar-refractivity contribution in [2.75, 3.05) is 6.61 Å². The molecule has 0 saturated carbocycles. The third-order valence-electron chi connectivity index (χ3n) is 1.86. The van der Waals surface area contributed by atoms with E-state index in [1.54, 1.807) is 13.8 Å². The minimum Gasteiger partial charge on any atom is -0.464 e. The maximum atomic E-state index is 11.0. The Morgan fingerprint density at radius 2 is 2.21 bits per heavy atom. The van der Waals surface area contributed by atoms with Crippen LogP contribution in [0.25, 0.3) is 0 Å². The molecule has 82 valence electrons. The molecule has 1 aliphatic rings. The van der Waals surface area contributed by atoms with Gasteiger partial charge in [-0.1, -0.05) is 0 Å². The molecule has 2 atom stereocenters. The van der Waals surface area contributed by atoms with Crippen LogP contribution in [-0.2, 0) is 19.0 Å². The van der Waals surface area contributed by atoms with Crippen LogP contribution in [0.4, 0.5) is 0 Å². The largest absolute Gasteiger partial charge is 0.464 e. The molecule has 1 aliphatic heterocycles. The van der Waals surface area contributed by atoms with Crippen LogP contribution >= 0.6 is 0 Å². The summed E-state index contributed by atoms with van der Waals surface area (Å²) in [6.45, 7) is 3.54. The fourth-order valence-corrected chi connectivity index (χ4v) is 1.10. The van der Waals surface area contributed by atoms with Crippen molar-refractivity contribution in [3.05, 3.63) is 0 Å². The molecule has 0 aromatic heterocycles. The average Bonchev–Trinajstić information content (AvgIpc) is 2.11. The zero-order chi connectivity index (χ0) is 10.7. The number of ether oxygens (including phenoxy) is 3. The summed E-state index contributed by atoms with van der Waals surface area (Å²) < 4.78 is 14.7. The highest BCUT2D eigenvalue weighted by Gasteiger charge is 2.39. The standard InChI is InChI=1S/C8H15NO5/c1-3-12-7(11)6(10)5(9)8-13-4(2)14-8/h4-6,8,10H,3,9H2,1-2H3/t4?,5-,6+,8?/m1/s1. The highest BCUT2D eigenvalue weighted by Crippen LogP contribution is 2.19. The van der Waals surface area contributed by atoms with Crippen LogP contribution < -0.4 is 5.73 Å². The Morgan fingerprint density at radius 1 is 1.64 bits per heavy atom. The maximum Gasteiger partial charge on any atom is 0.336 e. The number of hydrogen-bond acceptors (Lipinski definition) is 6. The summed E-state index contributed by atoms with van der Waals surface area (Å²) in [5.74, 6) is -0.758. The van der Waals surface area contributed by atoms with Crippen LogP contribution in [0.5, 0.6) is 0 Å². The van der Waals surface area contributed by atoms with E-state index in [2.05, 4.69) is 4.74 Å². The normalized spacial score (nSPS) is 30.3. The Bertz CT molecular complexity index is 204. The van der Waals surface area contributed by atoms with Gasteiger partial charge < -0.3 is 25.1 Å². The van der Waals surface area contributed by atoms with Gasteiger partial charge in [0.2, 0.25) is 0 Å². The van der Waals surface area contributed by atoms with Gasteiger partial charge in [0.15, 0.2) is 18.7 Å². The van der Waals surface area contributed by atoms with Crippen molar-refractivity contribution < 1.29 is 24.1 Å². The van der Waals surface area contributed by atoms with Crippen LogP contribution in [0.1, 0.15) is 13.8 Å². The summed E-state index contributed by atoms with van der Waals surface area (Å²) in [6, 6.07) is -0.912. The smallest absolute Gasteiger partial charge is 0.336 e. The molecule has 0 amide bonds. The van der Waals surface area contributed by atoms with Gasteiger partial charge in [-0.3, -0.25) is 0 Å². The molecule has 0 aliphatic carbocycles. The fourth-order valence-electron chi connectivity index (χ4n) is 1.10. The van der Waals surface area contributed by atoms with Crippen molar-refractivity contribution in [3.8, 4) is 0 Å². The van der Waals surface area contributed by atoms with Crippen LogP contribution in [-0.4, -0.2) is 42.4 Å². The van der Waals surface area contributed by atoms with E-state index in [0.717, 1.165) is 0 Å². The summed E-state index contributed by atoms with van der Waals surface area (Å²) in [6.07, 6.45) is -2.47. The molecule has 0 radical (unpaired) electrons. The van der Waals surface area contributed by atoms with Gasteiger partial charge in [0, 0.05) is 0 Å². The van der Waals surface area contributed by atoms with Crippen molar-refractivity contribution in [1.29, 1.82) is 0 Å². The first-order valence-corrected chi connectivity index (χ1v) is 4.47. The summed E-state index contributed by atoms with van der Waals surface area (Å²) in [5.41, 5.74) is 5.52. The number of carbonyl (C=O) groups is 1. The molecule has 1 saturated heterocycles. The molecule has 0 spiro atoms. The summed E-state index contributed by atoms with van der Waals surface area (Å²) in [5, 5.41) is 9.38. The quantitative estimate of drug-likeness (QED) is 0.569. The molecule has 0 unspecified atom stereocenters. The Balaban J connectivity index is 2.36. The van der Waals surface area contributed by atoms with Crippen LogP contribution in [0.2, 0.25) is 0 Å². The van der Waals surface area contributed by atoms with E-state index < -0.39 is 24.4 Å². The molecule has 0 aromatic carbocycles. The number of hydrogen-bond donors (Lipinski definition) is 2. The molecular weight excluding hydrogens is 190 g/mol. The molecule has 1 heterocycles. The minimum absolute atomic E-state index is 0.200. The van der Waals surface area contributed by atoms with Gasteiger partial charge in [-0.15, -0.1) is 0 Å². The van der Waals surface area contributed by atoms with Crippen molar-refractivity contribution in [2.45, 2.75) is 38.6 Å². The van der Waals surface area contributed by atoms with Crippen molar-refractivity contribution in [2.24, 2.45) is 5.73 Å². The van der Waals surface area contributed by atoms with E-state index in [1.165, 1.54) is 0 Å². The number of esters is 1. The van der Waals surface area contributed by atoms with E-state index in [-0.39, 0.29) is 12.9 Å². The van der Waals surface area contributed by atoms with Crippen LogP contribution in [0.3, 0.4) is 0 Å². The van der Waals surface area contributed by atoms with Gasteiger partial charge >= 0.3 is 5.97 Å². The second-order valence-corrected chi connectivity index (χ2v) is 2.98. The number of nitrogens with two attached hydrogens (primary N) is 1. The van der Waals surface area contributed by atoms with Gasteiger partial charge in [0.1, 0.15) is 0 Å². The molecule has 3 N–H and O–H groups in total. The topological polar surface area (TPSA) is 91.0 Å². The second kappa shape index (κ2) is 4.70. The monoisotopic (exact) mass is 205 g/mol. The molecular formula is C8H15NO5. The summed E-state index contributed by atoms with van der Waals surface area (Å²) >= 11 is 0. The number of rotatable bonds is 4. The molecule has 1 rings (SSSR count). The third kappa shape index (κ3) is 2.42. The average molecular weight is 205 g/mol. The van der Waals surface area contributed by atoms with Gasteiger partial charge in [-0.25, -0.2) is 4.79 Å². The summed E-state index contributed by atoms with van der Waals surface area (Å²) in [4.78, 5) is 11.0. The van der Waals surface area contributed by atoms with Gasteiger partial charge in [0.05, 0.1) is 12.6 Å². The SMILES string of the molecule is CCOC(=O)[C@@H](O)[C@@H](N)C1OC(C)O1. The first-order valence-electron chi connectivity index (χ1n) is 4.47. The molecule has 0 aromatic rings. The lowest BCUT2D eigenvalue weighted by Crippen LogP contribution is -2.57. The first kappa shape index (κ1) is 11.4. The van der Waals surface area contributed by atoms with Crippen LogP contribution in [0.15, 0.2) is 0 Å². The predicted octanol–water partition coefficient (Wildman–Crippen LogP) is -1.04. The second-order valence-electron chi connectivity index (χ2n) is 2.98. The van der Waals surface area contributed by atoms with Gasteiger partial charge in [0.25, 0.3) is 0 Å². The summed E-state index contributed by atoms with van der Waals surface area (Å²) in [7, 11) is 0. The fraction of sp³-hybridized carbons (Fsp3) is 0.875. The van der Waals surface area contributed by atoms with E-state index in [1.807, 2.05) is 0 Å².